The first-order chi connectivity index (χ1) is 7.77. The molecule has 3 N–H and O–H groups in total. The van der Waals surface area contributed by atoms with E-state index in [0.717, 1.165) is 0 Å². The average molecular weight is 217 g/mol. The highest BCUT2D eigenvalue weighted by atomic mass is 16.5. The fraction of sp³-hybridized carbons (Fsp3) is 0.0909. The summed E-state index contributed by atoms with van der Waals surface area (Å²) in [5.74, 6) is 0.387. The highest BCUT2D eigenvalue weighted by Crippen LogP contribution is 2.18. The lowest BCUT2D eigenvalue weighted by atomic mass is 10.3. The van der Waals surface area contributed by atoms with Crippen LogP contribution in [0, 0.1) is 0 Å². The van der Waals surface area contributed by atoms with E-state index in [1.165, 1.54) is 0 Å². The quantitative estimate of drug-likeness (QED) is 0.802. The van der Waals surface area contributed by atoms with Crippen molar-refractivity contribution in [2.75, 3.05) is 0 Å². The van der Waals surface area contributed by atoms with Gasteiger partial charge in [-0.25, -0.2) is 4.98 Å². The zero-order chi connectivity index (χ0) is 11.4. The first-order valence-corrected chi connectivity index (χ1v) is 4.77. The molecule has 0 spiro atoms. The third-order valence-electron chi connectivity index (χ3n) is 2.02. The molecule has 5 heteroatoms. The number of nitrogens with zero attached hydrogens (tertiary/aromatic N) is 1. The molecule has 0 aliphatic rings. The van der Waals surface area contributed by atoms with E-state index in [4.69, 9.17) is 10.5 Å². The molecule has 0 saturated carbocycles. The van der Waals surface area contributed by atoms with E-state index in [-0.39, 0.29) is 0 Å². The van der Waals surface area contributed by atoms with Crippen molar-refractivity contribution in [1.29, 1.82) is 0 Å². The average Bonchev–Trinajstić information content (AvgIpc) is 2.80. The molecule has 16 heavy (non-hydrogen) atoms. The molecule has 0 radical (unpaired) electrons. The number of hydrogen-bond acceptors (Lipinski definition) is 3. The molecule has 2 aromatic rings. The number of benzene rings is 1. The van der Waals surface area contributed by atoms with Crippen molar-refractivity contribution < 1.29 is 9.53 Å². The molecule has 1 aromatic heterocycles. The SMILES string of the molecule is NC(=O)C(Oc1ccccc1)c1ncc[nH]1. The number of aromatic nitrogens is 2. The van der Waals surface area contributed by atoms with Crippen LogP contribution in [0.4, 0.5) is 0 Å². The largest absolute Gasteiger partial charge is 0.473 e. The number of para-hydroxylation sites is 1. The summed E-state index contributed by atoms with van der Waals surface area (Å²) in [7, 11) is 0. The highest BCUT2D eigenvalue weighted by molar-refractivity contribution is 5.79. The molecule has 82 valence electrons. The first kappa shape index (κ1) is 10.2. The number of carbonyl (C=O) groups is 1. The molecule has 1 amide bonds. The smallest absolute Gasteiger partial charge is 0.266 e. The summed E-state index contributed by atoms with van der Waals surface area (Å²) in [5, 5.41) is 0. The standard InChI is InChI=1S/C11H11N3O2/c12-10(15)9(11-13-6-7-14-11)16-8-4-2-1-3-5-8/h1-7,9H,(H2,12,15)(H,13,14). The number of H-pyrrole nitrogens is 1. The third kappa shape index (κ3) is 2.20. The summed E-state index contributed by atoms with van der Waals surface area (Å²) < 4.78 is 5.45. The minimum atomic E-state index is -0.891. The van der Waals surface area contributed by atoms with Crippen molar-refractivity contribution in [2.45, 2.75) is 6.10 Å². The van der Waals surface area contributed by atoms with Crippen LogP contribution in [0.2, 0.25) is 0 Å². The zero-order valence-corrected chi connectivity index (χ0v) is 8.46. The Morgan fingerprint density at radius 1 is 1.38 bits per heavy atom. The van der Waals surface area contributed by atoms with E-state index >= 15 is 0 Å². The fourth-order valence-corrected chi connectivity index (χ4v) is 1.30. The third-order valence-corrected chi connectivity index (χ3v) is 2.02. The molecule has 1 atom stereocenters. The molecular weight excluding hydrogens is 206 g/mol. The number of ether oxygens (including phenoxy) is 1. The maximum Gasteiger partial charge on any atom is 0.266 e. The van der Waals surface area contributed by atoms with Crippen LogP contribution in [0.3, 0.4) is 0 Å². The highest BCUT2D eigenvalue weighted by Gasteiger charge is 2.21. The lowest BCUT2D eigenvalue weighted by Crippen LogP contribution is -2.27. The second-order valence-corrected chi connectivity index (χ2v) is 3.19. The fourth-order valence-electron chi connectivity index (χ4n) is 1.30. The molecule has 2 rings (SSSR count). The number of hydrogen-bond donors (Lipinski definition) is 2. The second kappa shape index (κ2) is 4.48. The van der Waals surface area contributed by atoms with Crippen molar-refractivity contribution in [3.63, 3.8) is 0 Å². The summed E-state index contributed by atoms with van der Waals surface area (Å²) in [6.45, 7) is 0. The molecular formula is C11H11N3O2. The van der Waals surface area contributed by atoms with Gasteiger partial charge in [0.25, 0.3) is 5.91 Å². The van der Waals surface area contributed by atoms with Crippen molar-refractivity contribution in [3.8, 4) is 5.75 Å². The Morgan fingerprint density at radius 2 is 2.12 bits per heavy atom. The van der Waals surface area contributed by atoms with E-state index in [0.29, 0.717) is 11.6 Å². The monoisotopic (exact) mass is 217 g/mol. The number of amides is 1. The van der Waals surface area contributed by atoms with Gasteiger partial charge in [-0.15, -0.1) is 0 Å². The van der Waals surface area contributed by atoms with Gasteiger partial charge in [-0.1, -0.05) is 18.2 Å². The molecule has 1 unspecified atom stereocenters. The lowest BCUT2D eigenvalue weighted by molar-refractivity contribution is -0.125. The van der Waals surface area contributed by atoms with E-state index in [1.807, 2.05) is 18.2 Å². The van der Waals surface area contributed by atoms with Gasteiger partial charge in [0.1, 0.15) is 5.75 Å². The molecule has 5 nitrogen and oxygen atoms in total. The number of carbonyl (C=O) groups excluding carboxylic acids is 1. The van der Waals surface area contributed by atoms with Gasteiger partial charge >= 0.3 is 0 Å². The van der Waals surface area contributed by atoms with Gasteiger partial charge in [-0.3, -0.25) is 4.79 Å². The minimum absolute atomic E-state index is 0.399. The predicted molar refractivity (Wildman–Crippen MR) is 57.6 cm³/mol. The van der Waals surface area contributed by atoms with Gasteiger partial charge in [0.2, 0.25) is 6.10 Å². The van der Waals surface area contributed by atoms with Gasteiger partial charge in [-0.05, 0) is 12.1 Å². The van der Waals surface area contributed by atoms with Crippen LogP contribution in [0.5, 0.6) is 5.75 Å². The van der Waals surface area contributed by atoms with Crippen molar-refractivity contribution in [3.05, 3.63) is 48.5 Å². The van der Waals surface area contributed by atoms with E-state index in [1.54, 1.807) is 24.5 Å². The van der Waals surface area contributed by atoms with Crippen LogP contribution >= 0.6 is 0 Å². The van der Waals surface area contributed by atoms with Gasteiger partial charge in [0.05, 0.1) is 0 Å². The maximum atomic E-state index is 11.2. The van der Waals surface area contributed by atoms with Gasteiger partial charge in [-0.2, -0.15) is 0 Å². The number of imidazole rings is 1. The number of nitrogens with two attached hydrogens (primary N) is 1. The summed E-state index contributed by atoms with van der Waals surface area (Å²) in [6, 6.07) is 8.99. The molecule has 1 aromatic carbocycles. The van der Waals surface area contributed by atoms with E-state index in [9.17, 15) is 4.79 Å². The Kier molecular flexibility index (Phi) is 2.86. The molecule has 0 aliphatic carbocycles. The van der Waals surface area contributed by atoms with E-state index < -0.39 is 12.0 Å². The summed E-state index contributed by atoms with van der Waals surface area (Å²) >= 11 is 0. The Labute approximate surface area is 92.3 Å². The maximum absolute atomic E-state index is 11.2. The minimum Gasteiger partial charge on any atom is -0.473 e. The molecule has 0 aliphatic heterocycles. The molecule has 0 bridgehead atoms. The number of nitrogens with one attached hydrogen (secondary N) is 1. The van der Waals surface area contributed by atoms with Crippen molar-refractivity contribution in [2.24, 2.45) is 5.73 Å². The van der Waals surface area contributed by atoms with Crippen molar-refractivity contribution >= 4 is 5.91 Å². The number of rotatable bonds is 4. The van der Waals surface area contributed by atoms with Crippen LogP contribution in [-0.2, 0) is 4.79 Å². The Balaban J connectivity index is 2.19. The van der Waals surface area contributed by atoms with Crippen molar-refractivity contribution in [1.82, 2.24) is 9.97 Å². The van der Waals surface area contributed by atoms with Gasteiger partial charge in [0.15, 0.2) is 5.82 Å². The molecule has 0 saturated heterocycles. The van der Waals surface area contributed by atoms with Gasteiger partial charge < -0.3 is 15.5 Å². The summed E-state index contributed by atoms with van der Waals surface area (Å²) in [6.07, 6.45) is 2.26. The van der Waals surface area contributed by atoms with Crippen LogP contribution in [-0.4, -0.2) is 15.9 Å². The Bertz CT molecular complexity index is 453. The topological polar surface area (TPSA) is 81.0 Å². The van der Waals surface area contributed by atoms with Crippen LogP contribution in [0.25, 0.3) is 0 Å². The summed E-state index contributed by atoms with van der Waals surface area (Å²) in [4.78, 5) is 18.0. The number of primary amides is 1. The van der Waals surface area contributed by atoms with Gasteiger partial charge in [0, 0.05) is 12.4 Å². The Hall–Kier alpha value is -2.30. The first-order valence-electron chi connectivity index (χ1n) is 4.77. The van der Waals surface area contributed by atoms with Crippen LogP contribution < -0.4 is 10.5 Å². The zero-order valence-electron chi connectivity index (χ0n) is 8.46. The lowest BCUT2D eigenvalue weighted by Gasteiger charge is -2.13. The number of aromatic amines is 1. The Morgan fingerprint density at radius 3 is 2.69 bits per heavy atom. The van der Waals surface area contributed by atoms with E-state index in [2.05, 4.69) is 9.97 Å². The summed E-state index contributed by atoms with van der Waals surface area (Å²) in [5.41, 5.74) is 5.25. The molecule has 0 fully saturated rings. The molecule has 1 heterocycles. The second-order valence-electron chi connectivity index (χ2n) is 3.19. The van der Waals surface area contributed by atoms with Crippen LogP contribution in [0.1, 0.15) is 11.9 Å². The normalized spacial score (nSPS) is 12.0. The predicted octanol–water partition coefficient (Wildman–Crippen LogP) is 1.02. The van der Waals surface area contributed by atoms with Crippen LogP contribution in [0.15, 0.2) is 42.7 Å².